The fourth-order valence-corrected chi connectivity index (χ4v) is 8.64. The molecule has 3 aromatic rings. The van der Waals surface area contributed by atoms with Crippen LogP contribution in [0.4, 0.5) is 17.5 Å². The maximum atomic E-state index is 13.2. The number of hydrogen-bond donors (Lipinski definition) is 4. The first-order chi connectivity index (χ1) is 27.8. The summed E-state index contributed by atoms with van der Waals surface area (Å²) in [6.45, 7) is 6.23. The van der Waals surface area contributed by atoms with Crippen LogP contribution in [0.2, 0.25) is 5.02 Å². The number of carbonyl (C=O) groups excluding carboxylic acids is 5. The molecule has 3 aliphatic heterocycles. The summed E-state index contributed by atoms with van der Waals surface area (Å²) >= 11 is 6.42. The number of imide groups is 2. The Bertz CT molecular complexity index is 2150. The molecule has 2 saturated heterocycles. The molecule has 58 heavy (non-hydrogen) atoms. The minimum absolute atomic E-state index is 0.000692. The third-order valence-electron chi connectivity index (χ3n) is 10.4. The van der Waals surface area contributed by atoms with E-state index in [0.29, 0.717) is 24.0 Å². The first kappa shape index (κ1) is 42.5. The molecule has 2 fully saturated rings. The maximum absolute atomic E-state index is 13.2. The van der Waals surface area contributed by atoms with E-state index < -0.39 is 44.8 Å². The van der Waals surface area contributed by atoms with Crippen molar-refractivity contribution >= 4 is 68.4 Å². The number of rotatable bonds is 18. The fraction of sp³-hybridized carbons (Fsp3) is 0.475. The lowest BCUT2D eigenvalue weighted by molar-refractivity contribution is -0.136. The van der Waals surface area contributed by atoms with Gasteiger partial charge in [0.15, 0.2) is 22.3 Å². The fourth-order valence-electron chi connectivity index (χ4n) is 7.30. The largest absolute Gasteiger partial charge is 0.483 e. The number of unbranched alkanes of at least 4 members (excludes halogenated alkanes) is 4. The molecule has 5 amide bonds. The van der Waals surface area contributed by atoms with Crippen LogP contribution in [-0.2, 0) is 24.2 Å². The van der Waals surface area contributed by atoms with Crippen LogP contribution in [-0.4, -0.2) is 108 Å². The molecular formula is C40H49ClN8O8S. The van der Waals surface area contributed by atoms with Gasteiger partial charge in [0.05, 0.1) is 33.2 Å². The Kier molecular flexibility index (Phi) is 14.0. The summed E-state index contributed by atoms with van der Waals surface area (Å²) in [5.41, 5.74) is 0.486. The standard InChI is InChI=1S/C40H49ClN8O8S/c1-25(2)58(55,56)32-16-7-6-14-29(32)45-36-28(41)22-43-40(47-36)44-26-12-11-21-48(23-26)20-9-5-3-4-8-19-42-34(51)24-57-31-15-10-13-27-35(31)39(54)49(38(27)53)30-17-18-33(50)46-37(30)52/h6-7,10,13-16,22,25-26,30H,3-5,8-9,11-12,17-21,23-24H2,1-2H3,(H,42,51)(H,46,50,52)(H2,43,44,45,47)/t26-,30?/m0/s1. The monoisotopic (exact) mass is 836 g/mol. The third kappa shape index (κ3) is 10.1. The van der Waals surface area contributed by atoms with Gasteiger partial charge in [-0.3, -0.25) is 34.2 Å². The zero-order chi connectivity index (χ0) is 41.4. The molecule has 0 bridgehead atoms. The summed E-state index contributed by atoms with van der Waals surface area (Å²) in [7, 11) is -3.54. The number of ether oxygens (including phenoxy) is 1. The molecule has 1 aromatic heterocycles. The number of amides is 5. The first-order valence-electron chi connectivity index (χ1n) is 19.7. The Morgan fingerprint density at radius 1 is 1.00 bits per heavy atom. The van der Waals surface area contributed by atoms with Crippen LogP contribution in [0.3, 0.4) is 0 Å². The van der Waals surface area contributed by atoms with Gasteiger partial charge in [-0.05, 0) is 83.3 Å². The molecule has 3 aliphatic rings. The van der Waals surface area contributed by atoms with E-state index in [0.717, 1.165) is 69.5 Å². The van der Waals surface area contributed by atoms with E-state index in [-0.39, 0.29) is 58.2 Å². The number of likely N-dealkylation sites (tertiary alicyclic amines) is 1. The number of aromatic nitrogens is 2. The maximum Gasteiger partial charge on any atom is 0.266 e. The van der Waals surface area contributed by atoms with E-state index in [1.54, 1.807) is 44.2 Å². The van der Waals surface area contributed by atoms with Gasteiger partial charge in [-0.2, -0.15) is 4.98 Å². The number of nitrogens with zero attached hydrogens (tertiary/aromatic N) is 4. The van der Waals surface area contributed by atoms with Crippen LogP contribution in [0.1, 0.15) is 92.4 Å². The number of nitrogens with one attached hydrogen (secondary N) is 4. The molecule has 0 aliphatic carbocycles. The van der Waals surface area contributed by atoms with Crippen LogP contribution in [0, 0.1) is 0 Å². The van der Waals surface area contributed by atoms with Gasteiger partial charge >= 0.3 is 0 Å². The molecular weight excluding hydrogens is 788 g/mol. The van der Waals surface area contributed by atoms with Crippen molar-refractivity contribution in [2.75, 3.05) is 43.4 Å². The molecule has 0 saturated carbocycles. The molecule has 0 spiro atoms. The number of sulfone groups is 1. The zero-order valence-corrected chi connectivity index (χ0v) is 34.2. The van der Waals surface area contributed by atoms with Gasteiger partial charge in [-0.15, -0.1) is 0 Å². The zero-order valence-electron chi connectivity index (χ0n) is 32.6. The highest BCUT2D eigenvalue weighted by Gasteiger charge is 2.46. The molecule has 6 rings (SSSR count). The minimum atomic E-state index is -3.54. The predicted octanol–water partition coefficient (Wildman–Crippen LogP) is 4.48. The summed E-state index contributed by atoms with van der Waals surface area (Å²) in [4.78, 5) is 75.2. The Balaban J connectivity index is 0.872. The van der Waals surface area contributed by atoms with Crippen molar-refractivity contribution in [1.29, 1.82) is 0 Å². The van der Waals surface area contributed by atoms with Gasteiger partial charge in [-0.25, -0.2) is 13.4 Å². The first-order valence-corrected chi connectivity index (χ1v) is 21.6. The normalized spacial score (nSPS) is 18.6. The molecule has 1 unspecified atom stereocenters. The van der Waals surface area contributed by atoms with Crippen LogP contribution in [0.25, 0.3) is 0 Å². The Hall–Kier alpha value is -5.13. The second-order valence-corrected chi connectivity index (χ2v) is 17.8. The second kappa shape index (κ2) is 19.1. The number of piperidine rings is 2. The lowest BCUT2D eigenvalue weighted by atomic mass is 10.0. The van der Waals surface area contributed by atoms with Crippen LogP contribution < -0.4 is 26.0 Å². The molecule has 16 nitrogen and oxygen atoms in total. The summed E-state index contributed by atoms with van der Waals surface area (Å²) in [5, 5.41) is 11.2. The summed E-state index contributed by atoms with van der Waals surface area (Å²) in [6, 6.07) is 10.3. The number of para-hydroxylation sites is 1. The van der Waals surface area contributed by atoms with Crippen molar-refractivity contribution in [1.82, 2.24) is 30.4 Å². The number of benzene rings is 2. The average molecular weight is 837 g/mol. The van der Waals surface area contributed by atoms with E-state index in [1.165, 1.54) is 18.3 Å². The number of hydrogen-bond acceptors (Lipinski definition) is 13. The van der Waals surface area contributed by atoms with Gasteiger partial charge in [0, 0.05) is 25.6 Å². The lowest BCUT2D eigenvalue weighted by Crippen LogP contribution is -2.54. The quantitative estimate of drug-likeness (QED) is 0.103. The Labute approximate surface area is 342 Å². The predicted molar refractivity (Wildman–Crippen MR) is 217 cm³/mol. The molecule has 2 aromatic carbocycles. The van der Waals surface area contributed by atoms with Crippen molar-refractivity contribution in [3.63, 3.8) is 0 Å². The molecule has 2 atom stereocenters. The number of halogens is 1. The molecule has 0 radical (unpaired) electrons. The van der Waals surface area contributed by atoms with Crippen molar-refractivity contribution in [3.8, 4) is 5.75 Å². The van der Waals surface area contributed by atoms with E-state index in [1.807, 2.05) is 0 Å². The third-order valence-corrected chi connectivity index (χ3v) is 12.9. The Morgan fingerprint density at radius 2 is 1.78 bits per heavy atom. The topological polar surface area (TPSA) is 209 Å². The van der Waals surface area contributed by atoms with E-state index >= 15 is 0 Å². The molecule has 4 N–H and O–H groups in total. The van der Waals surface area contributed by atoms with Crippen molar-refractivity contribution < 1.29 is 37.1 Å². The van der Waals surface area contributed by atoms with Gasteiger partial charge in [0.1, 0.15) is 16.8 Å². The van der Waals surface area contributed by atoms with E-state index in [4.69, 9.17) is 16.3 Å². The summed E-state index contributed by atoms with van der Waals surface area (Å²) < 4.78 is 31.5. The van der Waals surface area contributed by atoms with Crippen molar-refractivity contribution in [3.05, 3.63) is 64.8 Å². The molecule has 18 heteroatoms. The lowest BCUT2D eigenvalue weighted by Gasteiger charge is -2.33. The number of fused-ring (bicyclic) bond motifs is 1. The van der Waals surface area contributed by atoms with E-state index in [2.05, 4.69) is 36.1 Å². The second-order valence-electron chi connectivity index (χ2n) is 14.9. The van der Waals surface area contributed by atoms with Crippen LogP contribution in [0.15, 0.2) is 53.6 Å². The van der Waals surface area contributed by atoms with Crippen LogP contribution >= 0.6 is 11.6 Å². The Morgan fingerprint density at radius 3 is 2.57 bits per heavy atom. The smallest absolute Gasteiger partial charge is 0.266 e. The highest BCUT2D eigenvalue weighted by molar-refractivity contribution is 7.92. The van der Waals surface area contributed by atoms with Crippen LogP contribution in [0.5, 0.6) is 5.75 Å². The molecule has 310 valence electrons. The van der Waals surface area contributed by atoms with Gasteiger partial charge in [0.2, 0.25) is 17.8 Å². The average Bonchev–Trinajstić information content (AvgIpc) is 3.45. The number of carbonyl (C=O) groups is 5. The number of anilines is 3. The van der Waals surface area contributed by atoms with Gasteiger partial charge in [0.25, 0.3) is 17.7 Å². The minimum Gasteiger partial charge on any atom is -0.483 e. The van der Waals surface area contributed by atoms with E-state index in [9.17, 15) is 32.4 Å². The SMILES string of the molecule is CC(C)S(=O)(=O)c1ccccc1Nc1nc(N[C@H]2CCCN(CCCCCCCNC(=O)COc3cccc4c3C(=O)N(C3CCC(=O)NC3=O)C4=O)C2)ncc1Cl. The van der Waals surface area contributed by atoms with Gasteiger partial charge < -0.3 is 25.6 Å². The van der Waals surface area contributed by atoms with Crippen molar-refractivity contribution in [2.24, 2.45) is 0 Å². The van der Waals surface area contributed by atoms with Crippen molar-refractivity contribution in [2.45, 2.75) is 93.9 Å². The highest BCUT2D eigenvalue weighted by atomic mass is 35.5. The van der Waals surface area contributed by atoms with Gasteiger partial charge in [-0.1, -0.05) is 49.1 Å². The summed E-state index contributed by atoms with van der Waals surface area (Å²) in [5.74, 6) is -2.03. The summed E-state index contributed by atoms with van der Waals surface area (Å²) in [6.07, 6.45) is 8.42. The molecule has 4 heterocycles. The highest BCUT2D eigenvalue weighted by Crippen LogP contribution is 2.34.